The van der Waals surface area contributed by atoms with Gasteiger partial charge in [0.05, 0.1) is 21.3 Å². The Morgan fingerprint density at radius 1 is 1.07 bits per heavy atom. The maximum atomic E-state index is 12.9. The van der Waals surface area contributed by atoms with Crippen LogP contribution in [0.3, 0.4) is 0 Å². The zero-order valence-electron chi connectivity index (χ0n) is 16.7. The number of benzene rings is 2. The minimum atomic E-state index is -0.558. The van der Waals surface area contributed by atoms with E-state index in [-0.39, 0.29) is 18.8 Å². The number of hydrogen-bond donors (Lipinski definition) is 0. The first-order valence-corrected chi connectivity index (χ1v) is 9.66. The van der Waals surface area contributed by atoms with Gasteiger partial charge in [0.1, 0.15) is 6.04 Å². The highest BCUT2D eigenvalue weighted by atomic mass is 16.7. The van der Waals surface area contributed by atoms with Crippen molar-refractivity contribution in [2.45, 2.75) is 24.9 Å². The summed E-state index contributed by atoms with van der Waals surface area (Å²) >= 11 is 0. The second-order valence-corrected chi connectivity index (χ2v) is 7.41. The zero-order valence-corrected chi connectivity index (χ0v) is 16.7. The molecule has 0 saturated carbocycles. The molecule has 5 rings (SSSR count). The lowest BCUT2D eigenvalue weighted by Crippen LogP contribution is -2.46. The summed E-state index contributed by atoms with van der Waals surface area (Å²) in [6.07, 6.45) is 1.58. The summed E-state index contributed by atoms with van der Waals surface area (Å²) in [5, 5.41) is 0. The van der Waals surface area contributed by atoms with Crippen LogP contribution in [-0.2, 0) is 22.4 Å². The number of ether oxygens (including phenoxy) is 5. The van der Waals surface area contributed by atoms with E-state index in [1.807, 2.05) is 12.1 Å². The van der Waals surface area contributed by atoms with Gasteiger partial charge in [0.25, 0.3) is 0 Å². The summed E-state index contributed by atoms with van der Waals surface area (Å²) in [7, 11) is 4.63. The van der Waals surface area contributed by atoms with Crippen LogP contribution in [-0.4, -0.2) is 45.5 Å². The van der Waals surface area contributed by atoms with Crippen molar-refractivity contribution in [1.82, 2.24) is 4.90 Å². The van der Waals surface area contributed by atoms with Crippen molar-refractivity contribution < 1.29 is 28.5 Å². The lowest BCUT2D eigenvalue weighted by atomic mass is 9.80. The largest absolute Gasteiger partial charge is 0.493 e. The van der Waals surface area contributed by atoms with Crippen LogP contribution >= 0.6 is 0 Å². The van der Waals surface area contributed by atoms with Gasteiger partial charge in [-0.05, 0) is 47.7 Å². The number of carbonyl (C=O) groups is 1. The van der Waals surface area contributed by atoms with E-state index < -0.39 is 6.04 Å². The Bertz CT molecular complexity index is 988. The molecular formula is C22H23NO6. The molecule has 3 aliphatic heterocycles. The van der Waals surface area contributed by atoms with Gasteiger partial charge in [0.15, 0.2) is 23.0 Å². The molecular weight excluding hydrogens is 374 g/mol. The minimum Gasteiger partial charge on any atom is -0.493 e. The van der Waals surface area contributed by atoms with Gasteiger partial charge in [0.2, 0.25) is 6.79 Å². The van der Waals surface area contributed by atoms with E-state index in [4.69, 9.17) is 23.7 Å². The number of carbonyl (C=O) groups excluding carboxylic acids is 1. The van der Waals surface area contributed by atoms with Crippen molar-refractivity contribution in [2.24, 2.45) is 0 Å². The molecule has 7 heteroatoms. The molecule has 152 valence electrons. The first-order chi connectivity index (χ1) is 14.2. The van der Waals surface area contributed by atoms with Crippen LogP contribution in [0.4, 0.5) is 0 Å². The highest BCUT2D eigenvalue weighted by Gasteiger charge is 2.45. The van der Waals surface area contributed by atoms with Crippen LogP contribution in [0.15, 0.2) is 24.3 Å². The van der Waals surface area contributed by atoms with Crippen molar-refractivity contribution in [3.63, 3.8) is 0 Å². The number of esters is 1. The molecule has 2 aromatic carbocycles. The molecule has 0 fully saturated rings. The Labute approximate surface area is 169 Å². The van der Waals surface area contributed by atoms with E-state index in [9.17, 15) is 4.79 Å². The minimum absolute atomic E-state index is 0.0444. The third-order valence-corrected chi connectivity index (χ3v) is 6.15. The summed E-state index contributed by atoms with van der Waals surface area (Å²) in [6.45, 7) is 0.980. The normalized spacial score (nSPS) is 21.6. The maximum Gasteiger partial charge on any atom is 0.327 e. The van der Waals surface area contributed by atoms with Crippen LogP contribution in [0.2, 0.25) is 0 Å². The van der Waals surface area contributed by atoms with E-state index in [0.29, 0.717) is 11.5 Å². The van der Waals surface area contributed by atoms with E-state index in [0.717, 1.165) is 42.0 Å². The Kier molecular flexibility index (Phi) is 4.28. The van der Waals surface area contributed by atoms with Gasteiger partial charge in [-0.3, -0.25) is 4.90 Å². The topological polar surface area (TPSA) is 66.5 Å². The van der Waals surface area contributed by atoms with Gasteiger partial charge in [-0.15, -0.1) is 0 Å². The summed E-state index contributed by atoms with van der Waals surface area (Å²) in [6, 6.07) is 7.54. The van der Waals surface area contributed by atoms with Gasteiger partial charge >= 0.3 is 5.97 Å². The van der Waals surface area contributed by atoms with E-state index >= 15 is 0 Å². The Balaban J connectivity index is 1.67. The van der Waals surface area contributed by atoms with Crippen LogP contribution in [0.25, 0.3) is 0 Å². The average molecular weight is 397 g/mol. The molecule has 0 amide bonds. The fraction of sp³-hybridized carbons (Fsp3) is 0.409. The Hall–Kier alpha value is -2.93. The maximum absolute atomic E-state index is 12.9. The predicted octanol–water partition coefficient (Wildman–Crippen LogP) is 2.80. The molecule has 3 aliphatic rings. The number of nitrogens with zero attached hydrogens (tertiary/aromatic N) is 1. The molecule has 0 bridgehead atoms. The lowest BCUT2D eigenvalue weighted by molar-refractivity contribution is -0.149. The fourth-order valence-corrected chi connectivity index (χ4v) is 4.86. The van der Waals surface area contributed by atoms with Gasteiger partial charge in [0, 0.05) is 18.2 Å². The molecule has 2 atom stereocenters. The smallest absolute Gasteiger partial charge is 0.327 e. The van der Waals surface area contributed by atoms with Gasteiger partial charge < -0.3 is 23.7 Å². The fourth-order valence-electron chi connectivity index (χ4n) is 4.86. The molecule has 2 aromatic rings. The van der Waals surface area contributed by atoms with E-state index in [1.54, 1.807) is 14.2 Å². The molecule has 0 N–H and O–H groups in total. The van der Waals surface area contributed by atoms with Crippen LogP contribution in [0, 0.1) is 0 Å². The van der Waals surface area contributed by atoms with Gasteiger partial charge in [-0.2, -0.15) is 0 Å². The van der Waals surface area contributed by atoms with Crippen molar-refractivity contribution in [1.29, 1.82) is 0 Å². The molecule has 0 spiro atoms. The molecule has 29 heavy (non-hydrogen) atoms. The van der Waals surface area contributed by atoms with Crippen molar-refractivity contribution in [3.05, 3.63) is 46.5 Å². The third kappa shape index (κ3) is 2.64. The first kappa shape index (κ1) is 18.1. The molecule has 0 saturated heterocycles. The second-order valence-electron chi connectivity index (χ2n) is 7.41. The number of methoxy groups -OCH3 is 3. The summed E-state index contributed by atoms with van der Waals surface area (Å²) in [5.41, 5.74) is 4.31. The molecule has 0 radical (unpaired) electrons. The van der Waals surface area contributed by atoms with E-state index in [2.05, 4.69) is 17.0 Å². The molecule has 0 aliphatic carbocycles. The van der Waals surface area contributed by atoms with Gasteiger partial charge in [-0.1, -0.05) is 6.07 Å². The molecule has 0 aromatic heterocycles. The zero-order chi connectivity index (χ0) is 20.1. The van der Waals surface area contributed by atoms with Crippen molar-refractivity contribution in [3.8, 4) is 23.0 Å². The van der Waals surface area contributed by atoms with Crippen molar-refractivity contribution in [2.75, 3.05) is 34.7 Å². The third-order valence-electron chi connectivity index (χ3n) is 6.15. The van der Waals surface area contributed by atoms with E-state index in [1.165, 1.54) is 18.2 Å². The summed E-state index contributed by atoms with van der Waals surface area (Å²) in [5.74, 6) is 2.46. The number of fused-ring (bicyclic) bond motifs is 5. The number of rotatable bonds is 3. The Morgan fingerprint density at radius 3 is 2.59 bits per heavy atom. The highest BCUT2D eigenvalue weighted by Crippen LogP contribution is 2.51. The molecule has 3 heterocycles. The van der Waals surface area contributed by atoms with Crippen LogP contribution in [0.5, 0.6) is 23.0 Å². The number of hydrogen-bond acceptors (Lipinski definition) is 7. The first-order valence-electron chi connectivity index (χ1n) is 9.66. The monoisotopic (exact) mass is 397 g/mol. The predicted molar refractivity (Wildman–Crippen MR) is 104 cm³/mol. The molecule has 7 nitrogen and oxygen atoms in total. The summed E-state index contributed by atoms with van der Waals surface area (Å²) in [4.78, 5) is 15.2. The SMILES string of the molecule is COC(=O)[C@H]1c2c(ccc(OC)c2OC)C[C@H]2c3cc4c(cc3CCN21)OCO4. The quantitative estimate of drug-likeness (QED) is 0.738. The summed E-state index contributed by atoms with van der Waals surface area (Å²) < 4.78 is 27.5. The Morgan fingerprint density at radius 2 is 1.86 bits per heavy atom. The van der Waals surface area contributed by atoms with Crippen LogP contribution in [0.1, 0.15) is 34.3 Å². The standard InChI is InChI=1S/C22H23NO6/c1-25-16-5-4-13-8-15-14-10-18-17(28-11-29-18)9-12(14)6-7-23(15)20(22(24)27-3)19(13)21(16)26-2/h4-5,9-10,15,20H,6-8,11H2,1-3H3/t15-,20+/m0/s1. The highest BCUT2D eigenvalue weighted by molar-refractivity contribution is 5.81. The molecule has 0 unspecified atom stereocenters. The van der Waals surface area contributed by atoms with Crippen LogP contribution < -0.4 is 18.9 Å². The second kappa shape index (κ2) is 6.84. The average Bonchev–Trinajstić information content (AvgIpc) is 3.22. The lowest BCUT2D eigenvalue weighted by Gasteiger charge is -2.45. The van der Waals surface area contributed by atoms with Gasteiger partial charge in [-0.25, -0.2) is 4.79 Å². The van der Waals surface area contributed by atoms with Crippen molar-refractivity contribution >= 4 is 5.97 Å².